The lowest BCUT2D eigenvalue weighted by atomic mass is 10.2. The van der Waals surface area contributed by atoms with Crippen LogP contribution in [-0.4, -0.2) is 24.7 Å². The lowest BCUT2D eigenvalue weighted by Gasteiger charge is -2.08. The minimum atomic E-state index is -0.920. The number of hydrogen-bond acceptors (Lipinski definition) is 5. The van der Waals surface area contributed by atoms with Crippen molar-refractivity contribution in [1.82, 2.24) is 10.8 Å². The van der Waals surface area contributed by atoms with Gasteiger partial charge in [0.05, 0.1) is 6.61 Å². The molecule has 0 aliphatic heterocycles. The summed E-state index contributed by atoms with van der Waals surface area (Å²) in [5, 5.41) is 16.0. The molecule has 0 aromatic heterocycles. The minimum absolute atomic E-state index is 0.286. The van der Waals surface area contributed by atoms with E-state index in [1.807, 2.05) is 5.48 Å². The smallest absolute Gasteiger partial charge is 0.433 e. The van der Waals surface area contributed by atoms with Gasteiger partial charge in [0.25, 0.3) is 0 Å². The summed E-state index contributed by atoms with van der Waals surface area (Å²) in [6.07, 6.45) is 3.07. The molecule has 17 heavy (non-hydrogen) atoms. The Hall–Kier alpha value is -1.99. The number of carbonyl (C=O) groups is 1. The Labute approximate surface area is 99.8 Å². The van der Waals surface area contributed by atoms with Crippen molar-refractivity contribution in [3.63, 3.8) is 0 Å². The molecule has 0 atom stereocenters. The maximum absolute atomic E-state index is 10.9. The monoisotopic (exact) mass is 245 g/mol. The van der Waals surface area contributed by atoms with Crippen molar-refractivity contribution in [3.8, 4) is 0 Å². The second-order valence-corrected chi connectivity index (χ2v) is 3.28. The third-order valence-corrected chi connectivity index (χ3v) is 1.71. The van der Waals surface area contributed by atoms with E-state index in [9.17, 15) is 4.79 Å². The van der Waals surface area contributed by atoms with Crippen LogP contribution in [0.5, 0.6) is 0 Å². The molecule has 8 heteroatoms. The highest BCUT2D eigenvalue weighted by molar-refractivity contribution is 5.94. The van der Waals surface area contributed by atoms with Crippen molar-refractivity contribution < 1.29 is 14.4 Å². The van der Waals surface area contributed by atoms with Crippen molar-refractivity contribution in [2.24, 2.45) is 5.73 Å². The third-order valence-electron chi connectivity index (χ3n) is 1.71. The van der Waals surface area contributed by atoms with Gasteiger partial charge in [-0.3, -0.25) is 16.1 Å². The molecule has 0 spiro atoms. The molecule has 8 nitrogen and oxygen atoms in total. The van der Waals surface area contributed by atoms with Crippen LogP contribution in [0.15, 0.2) is 0 Å². The van der Waals surface area contributed by atoms with Crippen LogP contribution >= 0.6 is 0 Å². The number of unbranched alkanes of at least 4 members (excludes halogenated alkanes) is 3. The van der Waals surface area contributed by atoms with Gasteiger partial charge in [0, 0.05) is 0 Å². The molecule has 0 heterocycles. The van der Waals surface area contributed by atoms with Crippen molar-refractivity contribution in [1.29, 1.82) is 10.8 Å². The average molecular weight is 245 g/mol. The van der Waals surface area contributed by atoms with Crippen LogP contribution in [0, 0.1) is 10.8 Å². The maximum atomic E-state index is 10.9. The van der Waals surface area contributed by atoms with Gasteiger partial charge in [-0.2, -0.15) is 5.48 Å². The molecule has 0 aromatic carbocycles. The van der Waals surface area contributed by atoms with Gasteiger partial charge in [-0.15, -0.1) is 0 Å². The fraction of sp³-hybridized carbons (Fsp3) is 0.667. The number of hydrogen-bond donors (Lipinski definition) is 5. The second-order valence-electron chi connectivity index (χ2n) is 3.28. The van der Waals surface area contributed by atoms with Crippen molar-refractivity contribution in [3.05, 3.63) is 0 Å². The van der Waals surface area contributed by atoms with Gasteiger partial charge in [0.1, 0.15) is 0 Å². The number of nitrogens with one attached hydrogen (secondary N) is 4. The lowest BCUT2D eigenvalue weighted by molar-refractivity contribution is 0.0341. The predicted octanol–water partition coefficient (Wildman–Crippen LogP) is 0.642. The summed E-state index contributed by atoms with van der Waals surface area (Å²) in [6.45, 7) is 2.38. The van der Waals surface area contributed by atoms with E-state index in [0.717, 1.165) is 25.7 Å². The van der Waals surface area contributed by atoms with Crippen LogP contribution in [0.25, 0.3) is 0 Å². The summed E-state index contributed by atoms with van der Waals surface area (Å²) in [7, 11) is 0. The zero-order valence-corrected chi connectivity index (χ0v) is 9.84. The Kier molecular flexibility index (Phi) is 8.17. The van der Waals surface area contributed by atoms with Crippen LogP contribution in [0.1, 0.15) is 32.6 Å². The molecule has 0 fully saturated rings. The molecule has 0 amide bonds. The molecule has 0 rings (SSSR count). The van der Waals surface area contributed by atoms with Gasteiger partial charge in [-0.1, -0.05) is 26.2 Å². The van der Waals surface area contributed by atoms with Crippen molar-refractivity contribution in [2.45, 2.75) is 32.6 Å². The molecule has 6 N–H and O–H groups in total. The van der Waals surface area contributed by atoms with E-state index < -0.39 is 18.1 Å². The highest BCUT2D eigenvalue weighted by Gasteiger charge is 2.05. The Morgan fingerprint density at radius 1 is 1.29 bits per heavy atom. The normalized spacial score (nSPS) is 9.24. The molecule has 0 aliphatic carbocycles. The summed E-state index contributed by atoms with van der Waals surface area (Å²) in [5.74, 6) is -0.848. The molecule has 98 valence electrons. The summed E-state index contributed by atoms with van der Waals surface area (Å²) in [4.78, 5) is 15.3. The molecule has 0 bridgehead atoms. The maximum Gasteiger partial charge on any atom is 0.533 e. The fourth-order valence-electron chi connectivity index (χ4n) is 0.967. The summed E-state index contributed by atoms with van der Waals surface area (Å²) >= 11 is 0. The van der Waals surface area contributed by atoms with Gasteiger partial charge in [0.15, 0.2) is 5.96 Å². The Balaban J connectivity index is 3.46. The first-order valence-corrected chi connectivity index (χ1v) is 5.35. The van der Waals surface area contributed by atoms with Gasteiger partial charge < -0.3 is 15.3 Å². The van der Waals surface area contributed by atoms with E-state index in [1.165, 1.54) is 0 Å². The van der Waals surface area contributed by atoms with Crippen LogP contribution in [0.4, 0.5) is 4.79 Å². The van der Waals surface area contributed by atoms with E-state index in [0.29, 0.717) is 0 Å². The second kappa shape index (κ2) is 9.25. The zero-order valence-electron chi connectivity index (χ0n) is 9.84. The Bertz CT molecular complexity index is 269. The van der Waals surface area contributed by atoms with E-state index in [2.05, 4.69) is 17.1 Å². The van der Waals surface area contributed by atoms with E-state index >= 15 is 0 Å². The van der Waals surface area contributed by atoms with E-state index in [4.69, 9.17) is 21.3 Å². The highest BCUT2D eigenvalue weighted by atomic mass is 16.8. The molecular formula is C9H19N5O3. The minimum Gasteiger partial charge on any atom is -0.433 e. The molecule has 0 unspecified atom stereocenters. The van der Waals surface area contributed by atoms with Crippen molar-refractivity contribution in [2.75, 3.05) is 6.61 Å². The molecule has 0 saturated heterocycles. The number of ether oxygens (including phenoxy) is 1. The highest BCUT2D eigenvalue weighted by Crippen LogP contribution is 1.99. The topological polar surface area (TPSA) is 133 Å². The van der Waals surface area contributed by atoms with Gasteiger partial charge in [-0.05, 0) is 6.42 Å². The molecule has 0 saturated carbocycles. The summed E-state index contributed by atoms with van der Waals surface area (Å²) < 4.78 is 4.71. The first-order chi connectivity index (χ1) is 8.06. The first-order valence-electron chi connectivity index (χ1n) is 5.35. The quantitative estimate of drug-likeness (QED) is 0.159. The first kappa shape index (κ1) is 15.0. The van der Waals surface area contributed by atoms with Crippen LogP contribution in [0.2, 0.25) is 0 Å². The van der Waals surface area contributed by atoms with Gasteiger partial charge in [-0.25, -0.2) is 4.79 Å². The number of rotatable bonds is 5. The Morgan fingerprint density at radius 3 is 2.59 bits per heavy atom. The average Bonchev–Trinajstić information content (AvgIpc) is 2.25. The van der Waals surface area contributed by atoms with Crippen LogP contribution in [0.3, 0.4) is 0 Å². The molecular weight excluding hydrogens is 226 g/mol. The third kappa shape index (κ3) is 10.3. The van der Waals surface area contributed by atoms with Crippen molar-refractivity contribution >= 4 is 18.1 Å². The standard InChI is InChI=1S/C9H19N5O3/c1-2-3-4-5-6-16-9(15)17-14-8(12)13-7(10)11/h2-6H2,1H3,(H6,10,11,12,13,14). The predicted molar refractivity (Wildman–Crippen MR) is 62.5 cm³/mol. The largest absolute Gasteiger partial charge is 0.533 e. The number of nitrogens with two attached hydrogens (primary N) is 1. The van der Waals surface area contributed by atoms with Gasteiger partial charge in [0.2, 0.25) is 5.96 Å². The zero-order chi connectivity index (χ0) is 13.1. The molecule has 0 aromatic rings. The number of hydroxylamine groups is 1. The molecule has 0 radical (unpaired) electrons. The fourth-order valence-corrected chi connectivity index (χ4v) is 0.967. The molecule has 0 aliphatic rings. The number of carbonyl (C=O) groups excluding carboxylic acids is 1. The van der Waals surface area contributed by atoms with E-state index in [-0.39, 0.29) is 6.61 Å². The number of guanidine groups is 2. The SMILES string of the molecule is CCCCCCOC(=O)ONC(=N)NC(=N)N. The lowest BCUT2D eigenvalue weighted by Crippen LogP contribution is -2.44. The summed E-state index contributed by atoms with van der Waals surface area (Å²) in [6, 6.07) is 0. The van der Waals surface area contributed by atoms with Crippen LogP contribution in [-0.2, 0) is 9.57 Å². The van der Waals surface area contributed by atoms with Gasteiger partial charge >= 0.3 is 6.16 Å². The summed E-state index contributed by atoms with van der Waals surface area (Å²) in [5.41, 5.74) is 6.89. The van der Waals surface area contributed by atoms with E-state index in [1.54, 1.807) is 0 Å². The Morgan fingerprint density at radius 2 is 2.00 bits per heavy atom. The van der Waals surface area contributed by atoms with Crippen LogP contribution < -0.4 is 16.5 Å².